The maximum Gasteiger partial charge on any atom is 0.310 e. The van der Waals surface area contributed by atoms with Gasteiger partial charge in [-0.05, 0) is 30.3 Å². The molecule has 0 heterocycles. The van der Waals surface area contributed by atoms with E-state index in [9.17, 15) is 14.0 Å². The largest absolute Gasteiger partial charge is 0.494 e. The van der Waals surface area contributed by atoms with Crippen LogP contribution in [0.1, 0.15) is 15.9 Å². The van der Waals surface area contributed by atoms with E-state index in [2.05, 4.69) is 0 Å². The van der Waals surface area contributed by atoms with E-state index < -0.39 is 24.2 Å². The van der Waals surface area contributed by atoms with Gasteiger partial charge in [-0.1, -0.05) is 29.3 Å². The normalized spacial score (nSPS) is 10.3. The first kappa shape index (κ1) is 18.2. The van der Waals surface area contributed by atoms with Crippen LogP contribution in [0.15, 0.2) is 36.4 Å². The molecule has 2 aromatic carbocycles. The monoisotopic (exact) mass is 370 g/mol. The molecule has 0 aromatic heterocycles. The highest BCUT2D eigenvalue weighted by atomic mass is 35.5. The zero-order chi connectivity index (χ0) is 17.7. The van der Waals surface area contributed by atoms with Gasteiger partial charge in [0, 0.05) is 21.2 Å². The molecule has 0 unspecified atom stereocenters. The van der Waals surface area contributed by atoms with Gasteiger partial charge in [0.25, 0.3) is 0 Å². The molecule has 0 fully saturated rings. The summed E-state index contributed by atoms with van der Waals surface area (Å²) < 4.78 is 23.3. The van der Waals surface area contributed by atoms with Crippen molar-refractivity contribution >= 4 is 35.0 Å². The van der Waals surface area contributed by atoms with E-state index in [0.29, 0.717) is 15.6 Å². The summed E-state index contributed by atoms with van der Waals surface area (Å²) in [5.41, 5.74) is 0.505. The van der Waals surface area contributed by atoms with Crippen molar-refractivity contribution in [1.29, 1.82) is 0 Å². The summed E-state index contributed by atoms with van der Waals surface area (Å²) in [6.45, 7) is -0.507. The quantitative estimate of drug-likeness (QED) is 0.567. The Hall–Kier alpha value is -2.11. The number of benzene rings is 2. The minimum Gasteiger partial charge on any atom is -0.494 e. The molecule has 0 saturated carbocycles. The fraction of sp³-hybridized carbons (Fsp3) is 0.176. The molecule has 2 rings (SSSR count). The number of ether oxygens (including phenoxy) is 2. The summed E-state index contributed by atoms with van der Waals surface area (Å²) in [7, 11) is 1.32. The fourth-order valence-electron chi connectivity index (χ4n) is 1.97. The molecule has 0 atom stereocenters. The van der Waals surface area contributed by atoms with Crippen LogP contribution >= 0.6 is 23.2 Å². The third-order valence-corrected chi connectivity index (χ3v) is 3.93. The molecule has 24 heavy (non-hydrogen) atoms. The molecule has 0 bridgehead atoms. The van der Waals surface area contributed by atoms with Gasteiger partial charge >= 0.3 is 5.97 Å². The molecule has 0 radical (unpaired) electrons. The number of hydrogen-bond donors (Lipinski definition) is 0. The highest BCUT2D eigenvalue weighted by Crippen LogP contribution is 2.25. The van der Waals surface area contributed by atoms with E-state index in [1.165, 1.54) is 19.2 Å². The van der Waals surface area contributed by atoms with Crippen molar-refractivity contribution in [1.82, 2.24) is 0 Å². The van der Waals surface area contributed by atoms with Gasteiger partial charge in [-0.3, -0.25) is 9.59 Å². The third-order valence-electron chi connectivity index (χ3n) is 3.22. The van der Waals surface area contributed by atoms with Gasteiger partial charge in [0.2, 0.25) is 0 Å². The van der Waals surface area contributed by atoms with Crippen LogP contribution in [0.3, 0.4) is 0 Å². The molecule has 0 spiro atoms. The first-order chi connectivity index (χ1) is 11.4. The Bertz CT molecular complexity index is 757. The molecule has 0 saturated heterocycles. The first-order valence-corrected chi connectivity index (χ1v) is 7.63. The smallest absolute Gasteiger partial charge is 0.310 e. The van der Waals surface area contributed by atoms with Crippen molar-refractivity contribution in [2.75, 3.05) is 13.7 Å². The SMILES string of the molecule is COc1ccc(C(=O)COC(=O)Cc2c(Cl)cccc2Cl)cc1F. The van der Waals surface area contributed by atoms with Crippen LogP contribution in [-0.4, -0.2) is 25.5 Å². The number of hydrogen-bond acceptors (Lipinski definition) is 4. The number of methoxy groups -OCH3 is 1. The molecule has 4 nitrogen and oxygen atoms in total. The van der Waals surface area contributed by atoms with Gasteiger partial charge in [-0.25, -0.2) is 4.39 Å². The molecule has 7 heteroatoms. The maximum atomic E-state index is 13.6. The van der Waals surface area contributed by atoms with Crippen LogP contribution in [-0.2, 0) is 16.0 Å². The molecule has 2 aromatic rings. The number of esters is 1. The summed E-state index contributed by atoms with van der Waals surface area (Å²) in [6, 6.07) is 8.60. The third kappa shape index (κ3) is 4.46. The van der Waals surface area contributed by atoms with Gasteiger partial charge in [-0.15, -0.1) is 0 Å². The van der Waals surface area contributed by atoms with Crippen molar-refractivity contribution < 1.29 is 23.5 Å². The number of rotatable bonds is 6. The van der Waals surface area contributed by atoms with Crippen LogP contribution < -0.4 is 4.74 Å². The zero-order valence-corrected chi connectivity index (χ0v) is 14.2. The van der Waals surface area contributed by atoms with Crippen LogP contribution in [0.4, 0.5) is 4.39 Å². The van der Waals surface area contributed by atoms with Crippen LogP contribution in [0.5, 0.6) is 5.75 Å². The average molecular weight is 371 g/mol. The summed E-state index contributed by atoms with van der Waals surface area (Å²) in [6.07, 6.45) is -0.164. The van der Waals surface area contributed by atoms with Crippen molar-refractivity contribution in [2.45, 2.75) is 6.42 Å². The lowest BCUT2D eigenvalue weighted by atomic mass is 10.1. The predicted molar refractivity (Wildman–Crippen MR) is 88.4 cm³/mol. The van der Waals surface area contributed by atoms with Gasteiger partial charge in [-0.2, -0.15) is 0 Å². The molecule has 0 aliphatic carbocycles. The van der Waals surface area contributed by atoms with Crippen molar-refractivity contribution in [3.8, 4) is 5.75 Å². The summed E-state index contributed by atoms with van der Waals surface area (Å²) in [4.78, 5) is 23.8. The lowest BCUT2D eigenvalue weighted by molar-refractivity contribution is -0.141. The summed E-state index contributed by atoms with van der Waals surface area (Å²) in [5, 5.41) is 0.672. The lowest BCUT2D eigenvalue weighted by Crippen LogP contribution is -2.16. The Balaban J connectivity index is 1.96. The van der Waals surface area contributed by atoms with Gasteiger partial charge in [0.1, 0.15) is 0 Å². The molecular formula is C17H13Cl2FO4. The van der Waals surface area contributed by atoms with Gasteiger partial charge in [0.05, 0.1) is 13.5 Å². The van der Waals surface area contributed by atoms with Crippen LogP contribution in [0.25, 0.3) is 0 Å². The van der Waals surface area contributed by atoms with Crippen LogP contribution in [0.2, 0.25) is 10.0 Å². The molecule has 0 aliphatic heterocycles. The number of Topliss-reactive ketones (excluding diaryl/α,β-unsaturated/α-hetero) is 1. The Morgan fingerprint density at radius 2 is 1.79 bits per heavy atom. The number of carbonyl (C=O) groups excluding carboxylic acids is 2. The Morgan fingerprint density at radius 3 is 2.38 bits per heavy atom. The molecule has 126 valence electrons. The second-order valence-electron chi connectivity index (χ2n) is 4.81. The van der Waals surface area contributed by atoms with Gasteiger partial charge < -0.3 is 9.47 Å². The second-order valence-corrected chi connectivity index (χ2v) is 5.62. The van der Waals surface area contributed by atoms with E-state index in [4.69, 9.17) is 32.7 Å². The molecule has 0 aliphatic rings. The highest BCUT2D eigenvalue weighted by molar-refractivity contribution is 6.36. The number of carbonyl (C=O) groups is 2. The predicted octanol–water partition coefficient (Wildman–Crippen LogP) is 4.11. The minimum atomic E-state index is -0.669. The Labute approximate surface area is 148 Å². The Kier molecular flexibility index (Phi) is 6.17. The average Bonchev–Trinajstić information content (AvgIpc) is 2.56. The van der Waals surface area contributed by atoms with E-state index >= 15 is 0 Å². The number of halogens is 3. The first-order valence-electron chi connectivity index (χ1n) is 6.87. The maximum absolute atomic E-state index is 13.6. The minimum absolute atomic E-state index is 0.0249. The second kappa shape index (κ2) is 8.13. The van der Waals surface area contributed by atoms with E-state index in [1.807, 2.05) is 0 Å². The zero-order valence-electron chi connectivity index (χ0n) is 12.6. The molecule has 0 N–H and O–H groups in total. The van der Waals surface area contributed by atoms with Gasteiger partial charge in [0.15, 0.2) is 24.0 Å². The van der Waals surface area contributed by atoms with Crippen molar-refractivity contribution in [3.63, 3.8) is 0 Å². The fourth-order valence-corrected chi connectivity index (χ4v) is 2.50. The van der Waals surface area contributed by atoms with E-state index in [-0.39, 0.29) is 17.7 Å². The molecule has 0 amide bonds. The summed E-state index contributed by atoms with van der Waals surface area (Å²) >= 11 is 11.9. The van der Waals surface area contributed by atoms with Crippen molar-refractivity contribution in [2.24, 2.45) is 0 Å². The van der Waals surface area contributed by atoms with Crippen molar-refractivity contribution in [3.05, 3.63) is 63.4 Å². The lowest BCUT2D eigenvalue weighted by Gasteiger charge is -2.08. The van der Waals surface area contributed by atoms with E-state index in [0.717, 1.165) is 6.07 Å². The number of ketones is 1. The highest BCUT2D eigenvalue weighted by Gasteiger charge is 2.15. The van der Waals surface area contributed by atoms with Crippen LogP contribution in [0, 0.1) is 5.82 Å². The Morgan fingerprint density at radius 1 is 1.12 bits per heavy atom. The topological polar surface area (TPSA) is 52.6 Å². The summed E-state index contributed by atoms with van der Waals surface area (Å²) in [5.74, 6) is -1.84. The molecular weight excluding hydrogens is 358 g/mol. The standard InChI is InChI=1S/C17H13Cl2FO4/c1-23-16-6-5-10(7-14(16)20)15(21)9-24-17(22)8-11-12(18)3-2-4-13(11)19/h2-7H,8-9H2,1H3. The van der Waals surface area contributed by atoms with E-state index in [1.54, 1.807) is 18.2 Å².